The molecule has 222 valence electrons. The van der Waals surface area contributed by atoms with Crippen LogP contribution in [0.3, 0.4) is 0 Å². The molecule has 0 spiro atoms. The first kappa shape index (κ1) is 28.6. The second-order valence-electron chi connectivity index (χ2n) is 12.5. The van der Waals surface area contributed by atoms with E-state index in [1.807, 2.05) is 30.1 Å². The fraction of sp³-hybridized carbons (Fsp3) is 0.533. The summed E-state index contributed by atoms with van der Waals surface area (Å²) in [7, 11) is 0. The van der Waals surface area contributed by atoms with Crippen LogP contribution in [0.15, 0.2) is 18.5 Å². The summed E-state index contributed by atoms with van der Waals surface area (Å²) in [6.07, 6.45) is 9.95. The van der Waals surface area contributed by atoms with Crippen molar-refractivity contribution in [2.24, 2.45) is 0 Å². The lowest BCUT2D eigenvalue weighted by Gasteiger charge is -2.38. The van der Waals surface area contributed by atoms with Crippen LogP contribution < -0.4 is 9.64 Å². The summed E-state index contributed by atoms with van der Waals surface area (Å²) in [4.78, 5) is 18.8. The Labute approximate surface area is 259 Å². The van der Waals surface area contributed by atoms with Gasteiger partial charge in [0.05, 0.1) is 34.6 Å². The molecule has 1 aromatic carbocycles. The topological polar surface area (TPSA) is 92.4 Å². The van der Waals surface area contributed by atoms with E-state index >= 15 is 4.39 Å². The summed E-state index contributed by atoms with van der Waals surface area (Å²) in [5, 5.41) is 16.9. The van der Waals surface area contributed by atoms with E-state index in [1.165, 1.54) is 12.8 Å². The summed E-state index contributed by atoms with van der Waals surface area (Å²) in [6.45, 7) is 9.66. The molecule has 3 aliphatic rings. The van der Waals surface area contributed by atoms with Crippen LogP contribution in [-0.4, -0.2) is 78.4 Å². The summed E-state index contributed by atoms with van der Waals surface area (Å²) < 4.78 is 25.1. The number of β-amino-alcohol motifs (C(OH)–C–C–N with tert-alkyl or cyclic N) is 1. The molecule has 6 heterocycles. The number of hydrogen-bond acceptors (Lipinski definition) is 8. The van der Waals surface area contributed by atoms with E-state index in [4.69, 9.17) is 19.7 Å². The summed E-state index contributed by atoms with van der Waals surface area (Å²) in [6, 6.07) is 2.28. The van der Waals surface area contributed by atoms with Gasteiger partial charge in [-0.2, -0.15) is 15.1 Å². The number of pyridine rings is 1. The average Bonchev–Trinajstić information content (AvgIpc) is 3.67. The normalized spacial score (nSPS) is 22.7. The van der Waals surface area contributed by atoms with Crippen molar-refractivity contribution in [1.82, 2.24) is 29.4 Å². The van der Waals surface area contributed by atoms with Crippen molar-refractivity contribution in [3.05, 3.63) is 35.4 Å². The zero-order valence-corrected chi connectivity index (χ0v) is 27.4. The minimum atomic E-state index is -0.862. The standard InChI is InChI=1S/C30H36FIN7O2P/c1-18-13-22-20(15-34-39(22)42-32)23(19(18)2)26-24(31)25-21(14-33-26)27(37-10-4-7-29(3,40)16-37)36-28(35-25)41-17-30-8-5-11-38(30)12-6-9-30/h13-15,40,42H,4-12,16-17H2,1-3H3. The van der Waals surface area contributed by atoms with Gasteiger partial charge in [0.15, 0.2) is 5.82 Å². The lowest BCUT2D eigenvalue weighted by atomic mass is 9.94. The second-order valence-corrected chi connectivity index (χ2v) is 14.5. The van der Waals surface area contributed by atoms with Crippen LogP contribution in [0.1, 0.15) is 56.6 Å². The van der Waals surface area contributed by atoms with Gasteiger partial charge in [-0.3, -0.25) is 9.88 Å². The third kappa shape index (κ3) is 4.75. The molecule has 4 aromatic rings. The lowest BCUT2D eigenvalue weighted by Crippen LogP contribution is -2.46. The maximum absolute atomic E-state index is 16.8. The molecule has 2 unspecified atom stereocenters. The molecule has 0 amide bonds. The molecule has 0 saturated carbocycles. The minimum Gasteiger partial charge on any atom is -0.461 e. The molecular weight excluding hydrogens is 667 g/mol. The second kappa shape index (κ2) is 10.7. The number of nitrogens with zero attached hydrogens (tertiary/aromatic N) is 7. The quantitative estimate of drug-likeness (QED) is 0.195. The highest BCUT2D eigenvalue weighted by Gasteiger charge is 2.45. The predicted molar refractivity (Wildman–Crippen MR) is 174 cm³/mol. The molecule has 0 aliphatic carbocycles. The van der Waals surface area contributed by atoms with Gasteiger partial charge in [0.2, 0.25) is 0 Å². The van der Waals surface area contributed by atoms with Crippen LogP contribution in [0.25, 0.3) is 33.1 Å². The van der Waals surface area contributed by atoms with Gasteiger partial charge < -0.3 is 14.7 Å². The summed E-state index contributed by atoms with van der Waals surface area (Å²) in [5.74, 6) is 0.0659. The van der Waals surface area contributed by atoms with Gasteiger partial charge in [0.25, 0.3) is 0 Å². The van der Waals surface area contributed by atoms with Crippen molar-refractivity contribution < 1.29 is 14.2 Å². The molecule has 0 bridgehead atoms. The predicted octanol–water partition coefficient (Wildman–Crippen LogP) is 5.95. The van der Waals surface area contributed by atoms with Crippen molar-refractivity contribution in [2.45, 2.75) is 70.4 Å². The minimum absolute atomic E-state index is 0.0129. The first-order valence-corrected chi connectivity index (χ1v) is 18.8. The van der Waals surface area contributed by atoms with E-state index in [0.717, 1.165) is 59.9 Å². The number of hydrogen-bond donors (Lipinski definition) is 1. The Balaban J connectivity index is 1.38. The molecule has 12 heteroatoms. The van der Waals surface area contributed by atoms with Gasteiger partial charge in [0, 0.05) is 30.2 Å². The van der Waals surface area contributed by atoms with Crippen LogP contribution in [0.2, 0.25) is 0 Å². The maximum Gasteiger partial charge on any atom is 0.319 e. The van der Waals surface area contributed by atoms with Gasteiger partial charge in [-0.25, -0.2) is 8.84 Å². The number of anilines is 1. The van der Waals surface area contributed by atoms with Crippen LogP contribution in [0, 0.1) is 19.7 Å². The zero-order chi connectivity index (χ0) is 29.2. The molecule has 42 heavy (non-hydrogen) atoms. The molecule has 3 aromatic heterocycles. The lowest BCUT2D eigenvalue weighted by molar-refractivity contribution is 0.0447. The molecular formula is C30H36FIN7O2P. The van der Waals surface area contributed by atoms with Crippen molar-refractivity contribution in [3.63, 3.8) is 0 Å². The Morgan fingerprint density at radius 2 is 1.83 bits per heavy atom. The number of aromatic nitrogens is 5. The summed E-state index contributed by atoms with van der Waals surface area (Å²) >= 11 is 2.31. The van der Waals surface area contributed by atoms with E-state index in [1.54, 1.807) is 12.4 Å². The fourth-order valence-corrected chi connectivity index (χ4v) is 8.87. The monoisotopic (exact) mass is 703 g/mol. The number of fused-ring (bicyclic) bond motifs is 3. The highest BCUT2D eigenvalue weighted by atomic mass is 127. The SMILES string of the molecule is Cc1cc2c(cnn2PI)c(-c2ncc3c(N4CCCC(C)(O)C4)nc(OCC45CCCN4CCC5)nc3c2F)c1C. The molecule has 3 fully saturated rings. The molecule has 2 atom stereocenters. The maximum atomic E-state index is 16.8. The number of aryl methyl sites for hydroxylation is 1. The number of halogens is 2. The fourth-order valence-electron chi connectivity index (χ4n) is 7.34. The number of aliphatic hydroxyl groups is 1. The van der Waals surface area contributed by atoms with Gasteiger partial charge in [-0.05, 0) is 112 Å². The van der Waals surface area contributed by atoms with Crippen LogP contribution in [-0.2, 0) is 0 Å². The number of benzene rings is 1. The zero-order valence-electron chi connectivity index (χ0n) is 24.3. The molecule has 1 N–H and O–H groups in total. The Hall–Kier alpha value is -2.21. The Bertz CT molecular complexity index is 1690. The first-order valence-electron chi connectivity index (χ1n) is 14.8. The smallest absolute Gasteiger partial charge is 0.319 e. The van der Waals surface area contributed by atoms with Crippen molar-refractivity contribution in [3.8, 4) is 17.3 Å². The molecule has 9 nitrogen and oxygen atoms in total. The highest BCUT2D eigenvalue weighted by Crippen LogP contribution is 2.42. The van der Waals surface area contributed by atoms with E-state index in [9.17, 15) is 5.11 Å². The van der Waals surface area contributed by atoms with Gasteiger partial charge in [-0.15, -0.1) is 0 Å². The van der Waals surface area contributed by atoms with Crippen LogP contribution in [0.4, 0.5) is 10.2 Å². The van der Waals surface area contributed by atoms with Gasteiger partial charge >= 0.3 is 6.01 Å². The molecule has 3 aliphatic heterocycles. The van der Waals surface area contributed by atoms with Crippen LogP contribution >= 0.6 is 28.4 Å². The number of rotatable bonds is 6. The number of piperidine rings is 1. The Kier molecular flexibility index (Phi) is 7.31. The van der Waals surface area contributed by atoms with Crippen molar-refractivity contribution >= 4 is 56.0 Å². The molecule has 3 saturated heterocycles. The van der Waals surface area contributed by atoms with Crippen molar-refractivity contribution in [1.29, 1.82) is 0 Å². The van der Waals surface area contributed by atoms with Crippen molar-refractivity contribution in [2.75, 3.05) is 37.7 Å². The summed E-state index contributed by atoms with van der Waals surface area (Å²) in [5.41, 5.74) is 3.30. The average molecular weight is 704 g/mol. The van der Waals surface area contributed by atoms with E-state index in [2.05, 4.69) is 38.1 Å². The van der Waals surface area contributed by atoms with Crippen LogP contribution in [0.5, 0.6) is 6.01 Å². The van der Waals surface area contributed by atoms with Gasteiger partial charge in [-0.1, -0.05) is 0 Å². The Morgan fingerprint density at radius 1 is 1.07 bits per heavy atom. The van der Waals surface area contributed by atoms with E-state index < -0.39 is 11.4 Å². The molecule has 7 rings (SSSR count). The number of ether oxygens (including phenoxy) is 1. The highest BCUT2D eigenvalue weighted by molar-refractivity contribution is 14.2. The third-order valence-electron chi connectivity index (χ3n) is 9.61. The third-order valence-corrected chi connectivity index (χ3v) is 11.5. The molecule has 0 radical (unpaired) electrons. The van der Waals surface area contributed by atoms with E-state index in [0.29, 0.717) is 43.7 Å². The largest absolute Gasteiger partial charge is 0.461 e. The van der Waals surface area contributed by atoms with Gasteiger partial charge in [0.1, 0.15) is 23.6 Å². The Morgan fingerprint density at radius 3 is 2.57 bits per heavy atom. The first-order chi connectivity index (χ1) is 20.2. The van der Waals surface area contributed by atoms with E-state index in [-0.39, 0.29) is 22.8 Å².